The third kappa shape index (κ3) is 9.63. The third-order valence-electron chi connectivity index (χ3n) is 10.0. The van der Waals surface area contributed by atoms with Crippen LogP contribution in [0.5, 0.6) is 17.2 Å². The second kappa shape index (κ2) is 17.4. The molecule has 2 saturated heterocycles. The zero-order chi connectivity index (χ0) is 37.5. The number of thiophene rings is 1. The summed E-state index contributed by atoms with van der Waals surface area (Å²) in [5.41, 5.74) is 5.47. The maximum atomic E-state index is 12.8. The topological polar surface area (TPSA) is 69.7 Å². The molecule has 3 heterocycles. The van der Waals surface area contributed by atoms with Crippen LogP contribution in [-0.4, -0.2) is 80.5 Å². The van der Waals surface area contributed by atoms with E-state index in [1.165, 1.54) is 31.7 Å². The van der Waals surface area contributed by atoms with Crippen molar-refractivity contribution in [2.24, 2.45) is 0 Å². The maximum absolute atomic E-state index is 12.8. The number of methoxy groups -OCH3 is 1. The molecule has 2 aliphatic heterocycles. The highest BCUT2D eigenvalue weighted by molar-refractivity contribution is 7.22. The second-order valence-corrected chi connectivity index (χ2v) is 16.2. The van der Waals surface area contributed by atoms with Gasteiger partial charge >= 0.3 is 5.97 Å². The molecular formula is C45H52N2O6S. The number of hydrogen-bond acceptors (Lipinski definition) is 9. The number of carbonyl (C=O) groups is 1. The smallest absolute Gasteiger partial charge is 0.323 e. The summed E-state index contributed by atoms with van der Waals surface area (Å²) in [5, 5.41) is 1.23. The average Bonchev–Trinajstić information content (AvgIpc) is 3.80. The molecule has 0 spiro atoms. The predicted molar refractivity (Wildman–Crippen MR) is 216 cm³/mol. The van der Waals surface area contributed by atoms with Crippen molar-refractivity contribution < 1.29 is 28.5 Å². The van der Waals surface area contributed by atoms with Crippen molar-refractivity contribution in [2.45, 2.75) is 64.8 Å². The average molecular weight is 749 g/mol. The lowest BCUT2D eigenvalue weighted by Crippen LogP contribution is -2.42. The lowest BCUT2D eigenvalue weighted by molar-refractivity contribution is -0.160. The minimum atomic E-state index is -0.489. The first-order valence-corrected chi connectivity index (χ1v) is 19.9. The number of rotatable bonds is 14. The normalized spacial score (nSPS) is 16.8. The fraction of sp³-hybridized carbons (Fsp3) is 0.400. The number of carbonyl (C=O) groups excluding carboxylic acids is 1. The Labute approximate surface area is 323 Å². The molecule has 2 fully saturated rings. The first-order valence-electron chi connectivity index (χ1n) is 19.1. The van der Waals surface area contributed by atoms with Gasteiger partial charge in [0, 0.05) is 41.3 Å². The van der Waals surface area contributed by atoms with Gasteiger partial charge in [-0.1, -0.05) is 42.5 Å². The first-order chi connectivity index (χ1) is 26.2. The van der Waals surface area contributed by atoms with E-state index in [0.29, 0.717) is 19.8 Å². The number of hydrogen-bond donors (Lipinski definition) is 0. The van der Waals surface area contributed by atoms with E-state index < -0.39 is 5.60 Å². The summed E-state index contributed by atoms with van der Waals surface area (Å²) in [5.74, 6) is 2.45. The molecule has 0 saturated carbocycles. The number of likely N-dealkylation sites (tertiary alicyclic amines) is 1. The number of esters is 1. The fourth-order valence-electron chi connectivity index (χ4n) is 7.32. The molecule has 7 rings (SSSR count). The van der Waals surface area contributed by atoms with Crippen molar-refractivity contribution in [3.05, 3.63) is 113 Å². The molecule has 1 aromatic heterocycles. The van der Waals surface area contributed by atoms with Gasteiger partial charge in [-0.15, -0.1) is 11.3 Å². The number of benzene rings is 4. The van der Waals surface area contributed by atoms with Crippen molar-refractivity contribution in [1.29, 1.82) is 0 Å². The van der Waals surface area contributed by atoms with Crippen LogP contribution in [0.15, 0.2) is 91.0 Å². The van der Waals surface area contributed by atoms with Crippen LogP contribution in [0.2, 0.25) is 0 Å². The molecule has 5 aromatic rings. The van der Waals surface area contributed by atoms with Gasteiger partial charge in [0.15, 0.2) is 0 Å². The van der Waals surface area contributed by atoms with Gasteiger partial charge in [-0.25, -0.2) is 0 Å². The molecule has 0 bridgehead atoms. The third-order valence-corrected chi connectivity index (χ3v) is 11.3. The molecule has 0 N–H and O–H groups in total. The summed E-state index contributed by atoms with van der Waals surface area (Å²) >= 11 is 1.79. The summed E-state index contributed by atoms with van der Waals surface area (Å²) in [6.45, 7) is 12.6. The van der Waals surface area contributed by atoms with E-state index >= 15 is 0 Å². The highest BCUT2D eigenvalue weighted by Crippen LogP contribution is 2.42. The van der Waals surface area contributed by atoms with Crippen molar-refractivity contribution in [2.75, 3.05) is 53.1 Å². The quantitative estimate of drug-likeness (QED) is 0.105. The summed E-state index contributed by atoms with van der Waals surface area (Å²) in [6.07, 6.45) is 2.58. The first kappa shape index (κ1) is 37.9. The van der Waals surface area contributed by atoms with Crippen LogP contribution < -0.4 is 14.2 Å². The van der Waals surface area contributed by atoms with E-state index in [4.69, 9.17) is 23.7 Å². The Morgan fingerprint density at radius 3 is 2.41 bits per heavy atom. The molecule has 0 amide bonds. The number of ether oxygens (including phenoxy) is 5. The van der Waals surface area contributed by atoms with Gasteiger partial charge in [-0.3, -0.25) is 14.6 Å². The molecule has 8 nitrogen and oxygen atoms in total. The Morgan fingerprint density at radius 2 is 1.65 bits per heavy atom. The van der Waals surface area contributed by atoms with Crippen LogP contribution in [0, 0.1) is 0 Å². The van der Waals surface area contributed by atoms with Crippen molar-refractivity contribution in [3.8, 4) is 27.7 Å². The van der Waals surface area contributed by atoms with Gasteiger partial charge in [-0.2, -0.15) is 0 Å². The van der Waals surface area contributed by atoms with Gasteiger partial charge < -0.3 is 23.7 Å². The van der Waals surface area contributed by atoms with E-state index in [-0.39, 0.29) is 12.0 Å². The van der Waals surface area contributed by atoms with Crippen LogP contribution >= 0.6 is 11.3 Å². The Hall–Kier alpha value is -4.41. The fourth-order valence-corrected chi connectivity index (χ4v) is 8.57. The number of nitrogens with zero attached hydrogens (tertiary/aromatic N) is 2. The lowest BCUT2D eigenvalue weighted by Gasteiger charge is -2.27. The summed E-state index contributed by atoms with van der Waals surface area (Å²) in [7, 11) is 1.76. The van der Waals surface area contributed by atoms with E-state index in [0.717, 1.165) is 87.0 Å². The standard InChI is InChI=1S/C45H52N2O6S/c1-45(2,3)53-44(48)40-11-8-20-47(40)23-26-51-36-16-14-34(15-17-36)43-39(27-33-12-13-35(41(28-33)49-4)30-46-21-24-50-25-22-46)38-19-18-37(29-42(38)54-43)52-31-32-9-6-5-7-10-32/h5-7,9-10,12-19,28-29,40H,8,11,20-27,30-31H2,1-4H3/t40-/m0/s1. The Morgan fingerprint density at radius 1 is 0.870 bits per heavy atom. The van der Waals surface area contributed by atoms with Crippen LogP contribution in [-0.2, 0) is 33.8 Å². The molecule has 284 valence electrons. The molecule has 0 unspecified atom stereocenters. The van der Waals surface area contributed by atoms with E-state index in [1.807, 2.05) is 39.0 Å². The van der Waals surface area contributed by atoms with E-state index in [9.17, 15) is 4.79 Å². The second-order valence-electron chi connectivity index (χ2n) is 15.2. The predicted octanol–water partition coefficient (Wildman–Crippen LogP) is 8.76. The monoisotopic (exact) mass is 748 g/mol. The van der Waals surface area contributed by atoms with E-state index in [2.05, 4.69) is 82.6 Å². The van der Waals surface area contributed by atoms with Crippen molar-refractivity contribution in [3.63, 3.8) is 0 Å². The Balaban J connectivity index is 1.09. The summed E-state index contributed by atoms with van der Waals surface area (Å²) in [6, 6.07) is 31.6. The molecule has 54 heavy (non-hydrogen) atoms. The van der Waals surface area contributed by atoms with Crippen LogP contribution in [0.4, 0.5) is 0 Å². The SMILES string of the molecule is COc1cc(Cc2c(-c3ccc(OCCN4CCC[C@H]4C(=O)OC(C)(C)C)cc3)sc3cc(OCc4ccccc4)ccc23)ccc1CN1CCOCC1. The van der Waals surface area contributed by atoms with Crippen LogP contribution in [0.25, 0.3) is 20.5 Å². The maximum Gasteiger partial charge on any atom is 0.323 e. The Kier molecular flexibility index (Phi) is 12.2. The van der Waals surface area contributed by atoms with Crippen molar-refractivity contribution >= 4 is 27.4 Å². The molecule has 9 heteroatoms. The van der Waals surface area contributed by atoms with Gasteiger partial charge in [0.2, 0.25) is 0 Å². The largest absolute Gasteiger partial charge is 0.496 e. The van der Waals surface area contributed by atoms with Gasteiger partial charge in [0.1, 0.15) is 42.1 Å². The van der Waals surface area contributed by atoms with Crippen LogP contribution in [0.3, 0.4) is 0 Å². The molecular weight excluding hydrogens is 697 g/mol. The molecule has 0 aliphatic carbocycles. The molecule has 4 aromatic carbocycles. The molecule has 2 aliphatic rings. The summed E-state index contributed by atoms with van der Waals surface area (Å²) < 4.78 is 30.8. The summed E-state index contributed by atoms with van der Waals surface area (Å²) in [4.78, 5) is 18.6. The Bertz CT molecular complexity index is 2000. The highest BCUT2D eigenvalue weighted by Gasteiger charge is 2.34. The number of morpholine rings is 1. The number of fused-ring (bicyclic) bond motifs is 1. The molecule has 1 atom stereocenters. The van der Waals surface area contributed by atoms with Gasteiger partial charge in [0.25, 0.3) is 0 Å². The zero-order valence-electron chi connectivity index (χ0n) is 32.0. The minimum Gasteiger partial charge on any atom is -0.496 e. The lowest BCUT2D eigenvalue weighted by atomic mass is 9.97. The highest BCUT2D eigenvalue weighted by atomic mass is 32.1. The van der Waals surface area contributed by atoms with Crippen LogP contribution in [0.1, 0.15) is 55.9 Å². The van der Waals surface area contributed by atoms with Gasteiger partial charge in [-0.05, 0) is 123 Å². The van der Waals surface area contributed by atoms with E-state index in [1.54, 1.807) is 18.4 Å². The zero-order valence-corrected chi connectivity index (χ0v) is 32.8. The van der Waals surface area contributed by atoms with Crippen molar-refractivity contribution in [1.82, 2.24) is 9.80 Å². The minimum absolute atomic E-state index is 0.138. The molecule has 0 radical (unpaired) electrons. The van der Waals surface area contributed by atoms with Gasteiger partial charge in [0.05, 0.1) is 20.3 Å².